The second-order valence-electron chi connectivity index (χ2n) is 13.6. The molecule has 1 aliphatic rings. The number of benzene rings is 4. The molecule has 0 saturated carbocycles. The van der Waals surface area contributed by atoms with Crippen molar-refractivity contribution >= 4 is 43.5 Å². The van der Waals surface area contributed by atoms with E-state index in [1.54, 1.807) is 14.2 Å². The highest BCUT2D eigenvalue weighted by molar-refractivity contribution is 9.10. The molecule has 1 fully saturated rings. The molecule has 0 spiro atoms. The van der Waals surface area contributed by atoms with E-state index in [1.165, 1.54) is 0 Å². The third kappa shape index (κ3) is 14.7. The number of ether oxygens (including phenoxy) is 7. The first-order valence-electron chi connectivity index (χ1n) is 19.0. The monoisotopic (exact) mass is 898 g/mol. The van der Waals surface area contributed by atoms with Crippen LogP contribution in [0.2, 0.25) is 5.02 Å². The van der Waals surface area contributed by atoms with Crippen molar-refractivity contribution in [3.8, 4) is 5.75 Å². The molecule has 10 heteroatoms. The van der Waals surface area contributed by atoms with Crippen LogP contribution < -0.4 is 4.74 Å². The van der Waals surface area contributed by atoms with Gasteiger partial charge in [0.05, 0.1) is 46.2 Å². The molecule has 1 aliphatic heterocycles. The Morgan fingerprint density at radius 3 is 1.91 bits per heavy atom. The molecule has 0 radical (unpaired) electrons. The molecule has 0 bridgehead atoms. The van der Waals surface area contributed by atoms with Crippen molar-refractivity contribution in [1.29, 1.82) is 0 Å². The second kappa shape index (κ2) is 24.3. The molecule has 5 unspecified atom stereocenters. The Bertz CT molecular complexity index is 1690. The summed E-state index contributed by atoms with van der Waals surface area (Å²) in [5.41, 5.74) is 4.14. The molecule has 1 saturated heterocycles. The van der Waals surface area contributed by atoms with E-state index in [0.717, 1.165) is 82.1 Å². The Morgan fingerprint density at radius 2 is 1.24 bits per heavy atom. The van der Waals surface area contributed by atoms with Crippen LogP contribution in [-0.2, 0) is 54.8 Å². The van der Waals surface area contributed by atoms with Gasteiger partial charge in [-0.05, 0) is 96.8 Å². The largest absolute Gasteiger partial charge is 0.497 e. The number of unbranched alkanes of at least 4 members (excludes halogenated alkanes) is 3. The lowest BCUT2D eigenvalue weighted by Crippen LogP contribution is -2.61. The van der Waals surface area contributed by atoms with Gasteiger partial charge in [0.15, 0.2) is 0 Å². The zero-order valence-electron chi connectivity index (χ0n) is 31.8. The highest BCUT2D eigenvalue weighted by atomic mass is 79.9. The van der Waals surface area contributed by atoms with Crippen LogP contribution in [-0.4, -0.2) is 58.0 Å². The molecule has 7 nitrogen and oxygen atoms in total. The number of rotatable bonds is 23. The van der Waals surface area contributed by atoms with Crippen molar-refractivity contribution in [2.75, 3.05) is 27.4 Å². The maximum absolute atomic E-state index is 7.03. The van der Waals surface area contributed by atoms with Gasteiger partial charge in [-0.3, -0.25) is 0 Å². The minimum Gasteiger partial charge on any atom is -0.497 e. The summed E-state index contributed by atoms with van der Waals surface area (Å²) in [6, 6.07) is 32.0. The van der Waals surface area contributed by atoms with Crippen molar-refractivity contribution in [3.05, 3.63) is 145 Å². The number of allylic oxidation sites excluding steroid dienone is 2. The molecule has 0 aliphatic carbocycles. The zero-order chi connectivity index (χ0) is 38.7. The average molecular weight is 901 g/mol. The van der Waals surface area contributed by atoms with Crippen LogP contribution in [0.5, 0.6) is 5.75 Å². The zero-order valence-corrected chi connectivity index (χ0v) is 35.7. The Labute approximate surface area is 348 Å². The summed E-state index contributed by atoms with van der Waals surface area (Å²) >= 11 is 13.5. The minimum absolute atomic E-state index is 0.259. The van der Waals surface area contributed by atoms with Crippen LogP contribution in [0.1, 0.15) is 60.8 Å². The summed E-state index contributed by atoms with van der Waals surface area (Å²) in [6.07, 6.45) is 8.31. The van der Waals surface area contributed by atoms with Crippen LogP contribution in [0.15, 0.2) is 118 Å². The first kappa shape index (κ1) is 43.6. The molecule has 4 aromatic rings. The predicted octanol–water partition coefficient (Wildman–Crippen LogP) is 11.5. The molecule has 55 heavy (non-hydrogen) atoms. The van der Waals surface area contributed by atoms with E-state index < -0.39 is 24.4 Å². The van der Waals surface area contributed by atoms with Crippen LogP contribution in [0, 0.1) is 0 Å². The topological polar surface area (TPSA) is 64.6 Å². The maximum Gasteiger partial charge on any atom is 0.118 e. The van der Waals surface area contributed by atoms with E-state index in [-0.39, 0.29) is 6.10 Å². The van der Waals surface area contributed by atoms with Gasteiger partial charge in [-0.25, -0.2) is 0 Å². The summed E-state index contributed by atoms with van der Waals surface area (Å²) in [6.45, 7) is 2.63. The number of halogens is 3. The first-order chi connectivity index (χ1) is 26.9. The van der Waals surface area contributed by atoms with Gasteiger partial charge < -0.3 is 33.2 Å². The lowest BCUT2D eigenvalue weighted by atomic mass is 9.91. The minimum atomic E-state index is -0.504. The fraction of sp³-hybridized carbons (Fsp3) is 0.422. The molecule has 0 amide bonds. The Hall–Kier alpha value is -2.57. The SMILES string of the molecule is COCCC/C=C\CCCCC1OC(COCc2ccc(Br)cc2)C(OCc2ccc(Cl)cc2)C(OCc2ccccc2Br)C1OCc1ccc(OC)cc1. The highest BCUT2D eigenvalue weighted by Gasteiger charge is 2.48. The average Bonchev–Trinajstić information content (AvgIpc) is 3.20. The van der Waals surface area contributed by atoms with E-state index in [1.807, 2.05) is 78.9 Å². The van der Waals surface area contributed by atoms with E-state index in [0.29, 0.717) is 38.1 Å². The Morgan fingerprint density at radius 1 is 0.636 bits per heavy atom. The van der Waals surface area contributed by atoms with Gasteiger partial charge >= 0.3 is 0 Å². The van der Waals surface area contributed by atoms with Crippen molar-refractivity contribution < 1.29 is 33.2 Å². The van der Waals surface area contributed by atoms with Gasteiger partial charge in [0.2, 0.25) is 0 Å². The van der Waals surface area contributed by atoms with Crippen molar-refractivity contribution in [1.82, 2.24) is 0 Å². The normalized spacial score (nSPS) is 19.9. The highest BCUT2D eigenvalue weighted by Crippen LogP contribution is 2.34. The summed E-state index contributed by atoms with van der Waals surface area (Å²) in [5.74, 6) is 0.798. The van der Waals surface area contributed by atoms with Crippen LogP contribution >= 0.6 is 43.5 Å². The third-order valence-electron chi connectivity index (χ3n) is 9.54. The molecule has 0 N–H and O–H groups in total. The molecule has 1 heterocycles. The van der Waals surface area contributed by atoms with E-state index in [4.69, 9.17) is 44.8 Å². The first-order valence-corrected chi connectivity index (χ1v) is 21.0. The Kier molecular flexibility index (Phi) is 19.2. The summed E-state index contributed by atoms with van der Waals surface area (Å²) in [7, 11) is 3.41. The van der Waals surface area contributed by atoms with Gasteiger partial charge in [0.25, 0.3) is 0 Å². The molecule has 296 valence electrons. The summed E-state index contributed by atoms with van der Waals surface area (Å²) < 4.78 is 46.7. The molecule has 4 aromatic carbocycles. The summed E-state index contributed by atoms with van der Waals surface area (Å²) in [4.78, 5) is 0. The molecular formula is C45H53Br2ClO7. The molecule has 0 aromatic heterocycles. The van der Waals surface area contributed by atoms with E-state index in [2.05, 4.69) is 62.2 Å². The molecule has 5 rings (SSSR count). The summed E-state index contributed by atoms with van der Waals surface area (Å²) in [5, 5.41) is 0.676. The van der Waals surface area contributed by atoms with E-state index >= 15 is 0 Å². The van der Waals surface area contributed by atoms with Gasteiger partial charge in [-0.15, -0.1) is 0 Å². The van der Waals surface area contributed by atoms with Crippen LogP contribution in [0.3, 0.4) is 0 Å². The van der Waals surface area contributed by atoms with Crippen molar-refractivity contribution in [2.45, 2.75) is 95.5 Å². The quantitative estimate of drug-likeness (QED) is 0.0543. The van der Waals surface area contributed by atoms with E-state index in [9.17, 15) is 0 Å². The third-order valence-corrected chi connectivity index (χ3v) is 11.1. The lowest BCUT2D eigenvalue weighted by Gasteiger charge is -2.46. The van der Waals surface area contributed by atoms with Gasteiger partial charge in [-0.1, -0.05) is 117 Å². The van der Waals surface area contributed by atoms with Gasteiger partial charge in [0, 0.05) is 27.7 Å². The van der Waals surface area contributed by atoms with Crippen LogP contribution in [0.4, 0.5) is 0 Å². The molecule has 5 atom stereocenters. The standard InChI is InChI=1S/C45H53Br2ClO7/c1-49-27-11-7-5-3-4-6-8-14-41-43(52-30-35-19-25-39(50-2)26-20-35)45(54-31-36-12-9-10-13-40(36)47)44(53-29-34-17-23-38(48)24-18-34)42(55-41)32-51-28-33-15-21-37(46)22-16-33/h3,5,9-10,12-13,15-26,41-45H,4,6-8,11,14,27-32H2,1-2H3/b5-3-. The smallest absolute Gasteiger partial charge is 0.118 e. The fourth-order valence-corrected chi connectivity index (χ4v) is 7.29. The molecular weight excluding hydrogens is 848 g/mol. The maximum atomic E-state index is 7.03. The lowest BCUT2D eigenvalue weighted by molar-refractivity contribution is -0.273. The predicted molar refractivity (Wildman–Crippen MR) is 225 cm³/mol. The van der Waals surface area contributed by atoms with Gasteiger partial charge in [-0.2, -0.15) is 0 Å². The van der Waals surface area contributed by atoms with Crippen LogP contribution in [0.25, 0.3) is 0 Å². The number of methoxy groups -OCH3 is 2. The fourth-order valence-electron chi connectivity index (χ4n) is 6.50. The van der Waals surface area contributed by atoms with Gasteiger partial charge in [0.1, 0.15) is 30.2 Å². The number of hydrogen-bond donors (Lipinski definition) is 0. The van der Waals surface area contributed by atoms with Crippen molar-refractivity contribution in [2.24, 2.45) is 0 Å². The van der Waals surface area contributed by atoms with Crippen molar-refractivity contribution in [3.63, 3.8) is 0 Å². The second-order valence-corrected chi connectivity index (χ2v) is 15.8. The Balaban J connectivity index is 1.41. The number of hydrogen-bond acceptors (Lipinski definition) is 7.